The molecule has 0 aliphatic carbocycles. The normalized spacial score (nSPS) is 20.3. The first kappa shape index (κ1) is 19.8. The van der Waals surface area contributed by atoms with Gasteiger partial charge < -0.3 is 19.0 Å². The highest BCUT2D eigenvalue weighted by molar-refractivity contribution is 5.95. The second-order valence-electron chi connectivity index (χ2n) is 9.67. The summed E-state index contributed by atoms with van der Waals surface area (Å²) in [6.45, 7) is 16.2. The summed E-state index contributed by atoms with van der Waals surface area (Å²) in [4.78, 5) is 12.9. The van der Waals surface area contributed by atoms with Crippen molar-refractivity contribution in [1.82, 2.24) is 0 Å². The van der Waals surface area contributed by atoms with Gasteiger partial charge in [0.2, 0.25) is 0 Å². The van der Waals surface area contributed by atoms with E-state index in [-0.39, 0.29) is 11.9 Å². The number of phenolic OH excluding ortho intramolecular Hbond substituents is 1. The van der Waals surface area contributed by atoms with Crippen LogP contribution >= 0.6 is 0 Å². The maximum Gasteiger partial charge on any atom is 0.340 e. The average molecular weight is 396 g/mol. The molecule has 0 radical (unpaired) electrons. The highest BCUT2D eigenvalue weighted by atomic mass is 16.6. The summed E-state index contributed by atoms with van der Waals surface area (Å²) in [5, 5.41) is 11.6. The maximum absolute atomic E-state index is 12.9. The number of phenols is 1. The first-order chi connectivity index (χ1) is 13.4. The number of hydrogen-bond acceptors (Lipinski definition) is 5. The van der Waals surface area contributed by atoms with Crippen molar-refractivity contribution < 1.29 is 19.0 Å². The SMILES string of the molecule is C=CC(C)(C)c1cc2c(O)c3c(c(C(C)(C)C4CO4)c2oc1=O)OC(C)(C)C=C3. The molecule has 2 aromatic rings. The lowest BCUT2D eigenvalue weighted by Crippen LogP contribution is -2.32. The molecule has 5 nitrogen and oxygen atoms in total. The molecular weight excluding hydrogens is 368 g/mol. The molecule has 29 heavy (non-hydrogen) atoms. The largest absolute Gasteiger partial charge is 0.506 e. The van der Waals surface area contributed by atoms with Gasteiger partial charge in [0.1, 0.15) is 22.7 Å². The monoisotopic (exact) mass is 396 g/mol. The number of fused-ring (bicyclic) bond motifs is 2. The first-order valence-electron chi connectivity index (χ1n) is 9.90. The molecule has 2 aliphatic rings. The molecule has 0 bridgehead atoms. The fraction of sp³-hybridized carbons (Fsp3) is 0.458. The molecule has 2 aliphatic heterocycles. The van der Waals surface area contributed by atoms with E-state index in [2.05, 4.69) is 6.58 Å². The Balaban J connectivity index is 2.15. The molecule has 3 heterocycles. The Morgan fingerprint density at radius 2 is 1.93 bits per heavy atom. The van der Waals surface area contributed by atoms with Gasteiger partial charge in [-0.05, 0) is 32.1 Å². The minimum Gasteiger partial charge on any atom is -0.506 e. The Labute approximate surface area is 170 Å². The van der Waals surface area contributed by atoms with Crippen LogP contribution in [0, 0.1) is 0 Å². The minimum atomic E-state index is -0.596. The van der Waals surface area contributed by atoms with Gasteiger partial charge in [0.05, 0.1) is 23.7 Å². The van der Waals surface area contributed by atoms with Gasteiger partial charge in [-0.1, -0.05) is 33.8 Å². The van der Waals surface area contributed by atoms with Crippen LogP contribution in [-0.4, -0.2) is 23.4 Å². The predicted molar refractivity (Wildman–Crippen MR) is 114 cm³/mol. The highest BCUT2D eigenvalue weighted by Crippen LogP contribution is 2.51. The Bertz CT molecular complexity index is 1110. The van der Waals surface area contributed by atoms with Crippen LogP contribution in [0.2, 0.25) is 0 Å². The average Bonchev–Trinajstić information content (AvgIpc) is 3.46. The molecule has 1 unspecified atom stereocenters. The molecule has 154 valence electrons. The number of aromatic hydroxyl groups is 1. The Morgan fingerprint density at radius 1 is 1.28 bits per heavy atom. The third-order valence-electron chi connectivity index (χ3n) is 6.16. The van der Waals surface area contributed by atoms with Crippen LogP contribution in [0.1, 0.15) is 58.2 Å². The van der Waals surface area contributed by atoms with Crippen molar-refractivity contribution in [2.45, 2.75) is 64.1 Å². The van der Waals surface area contributed by atoms with E-state index in [1.807, 2.05) is 53.7 Å². The van der Waals surface area contributed by atoms with Gasteiger partial charge in [0.15, 0.2) is 0 Å². The van der Waals surface area contributed by atoms with Crippen molar-refractivity contribution in [3.8, 4) is 11.5 Å². The Morgan fingerprint density at radius 3 is 2.52 bits per heavy atom. The number of epoxide rings is 1. The molecule has 5 heteroatoms. The maximum atomic E-state index is 12.9. The van der Waals surface area contributed by atoms with Gasteiger partial charge in [-0.2, -0.15) is 0 Å². The van der Waals surface area contributed by atoms with Crippen molar-refractivity contribution in [2.24, 2.45) is 0 Å². The summed E-state index contributed by atoms with van der Waals surface area (Å²) in [6, 6.07) is 1.72. The third-order valence-corrected chi connectivity index (χ3v) is 6.16. The Kier molecular flexibility index (Phi) is 4.08. The van der Waals surface area contributed by atoms with Crippen molar-refractivity contribution >= 4 is 17.0 Å². The molecule has 4 rings (SSSR count). The quantitative estimate of drug-likeness (QED) is 0.456. The van der Waals surface area contributed by atoms with Crippen LogP contribution in [-0.2, 0) is 15.6 Å². The lowest BCUT2D eigenvalue weighted by Gasteiger charge is -2.34. The van der Waals surface area contributed by atoms with E-state index in [9.17, 15) is 9.90 Å². The molecule has 1 saturated heterocycles. The highest BCUT2D eigenvalue weighted by Gasteiger charge is 2.46. The number of rotatable bonds is 4. The minimum absolute atomic E-state index is 0.00782. The zero-order valence-electron chi connectivity index (χ0n) is 17.9. The van der Waals surface area contributed by atoms with Crippen LogP contribution in [0.3, 0.4) is 0 Å². The first-order valence-corrected chi connectivity index (χ1v) is 9.90. The lowest BCUT2D eigenvalue weighted by atomic mass is 9.77. The van der Waals surface area contributed by atoms with Gasteiger partial charge in [-0.15, -0.1) is 6.58 Å². The summed E-state index contributed by atoms with van der Waals surface area (Å²) in [5.41, 5.74) is 0.0824. The third kappa shape index (κ3) is 2.99. The van der Waals surface area contributed by atoms with Gasteiger partial charge >= 0.3 is 5.63 Å². The molecule has 0 saturated carbocycles. The summed E-state index contributed by atoms with van der Waals surface area (Å²) in [6.07, 6.45) is 5.49. The summed E-state index contributed by atoms with van der Waals surface area (Å²) in [7, 11) is 0. The van der Waals surface area contributed by atoms with E-state index >= 15 is 0 Å². The van der Waals surface area contributed by atoms with Crippen LogP contribution in [0.5, 0.6) is 11.5 Å². The second-order valence-corrected chi connectivity index (χ2v) is 9.67. The van der Waals surface area contributed by atoms with Gasteiger partial charge in [-0.25, -0.2) is 4.79 Å². The fourth-order valence-electron chi connectivity index (χ4n) is 3.94. The van der Waals surface area contributed by atoms with E-state index < -0.39 is 22.1 Å². The summed E-state index contributed by atoms with van der Waals surface area (Å²) in [5.74, 6) is 0.588. The van der Waals surface area contributed by atoms with E-state index in [1.165, 1.54) is 0 Å². The predicted octanol–water partition coefficient (Wildman–Crippen LogP) is 4.82. The fourth-order valence-corrected chi connectivity index (χ4v) is 3.94. The number of hydrogen-bond donors (Lipinski definition) is 1. The molecule has 1 atom stereocenters. The molecule has 0 spiro atoms. The molecule has 1 aromatic carbocycles. The number of benzene rings is 1. The molecule has 1 fully saturated rings. The van der Waals surface area contributed by atoms with E-state index in [0.717, 1.165) is 5.56 Å². The molecule has 1 N–H and O–H groups in total. The zero-order chi connectivity index (χ0) is 21.4. The zero-order valence-corrected chi connectivity index (χ0v) is 17.9. The van der Waals surface area contributed by atoms with E-state index in [0.29, 0.717) is 34.5 Å². The summed E-state index contributed by atoms with van der Waals surface area (Å²) < 4.78 is 17.8. The van der Waals surface area contributed by atoms with Gasteiger partial charge in [0, 0.05) is 22.0 Å². The van der Waals surface area contributed by atoms with Crippen molar-refractivity contribution in [3.63, 3.8) is 0 Å². The topological polar surface area (TPSA) is 72.2 Å². The van der Waals surface area contributed by atoms with Crippen LogP contribution in [0.4, 0.5) is 0 Å². The Hall–Kier alpha value is -2.53. The standard InChI is InChI=1S/C24H28O5/c1-8-22(2,3)15-11-14-18(25)13-9-10-23(4,5)29-20(13)17(19(14)28-21(15)26)24(6,7)16-12-27-16/h8-11,16,25H,1,12H2,2-7H3. The van der Waals surface area contributed by atoms with Gasteiger partial charge in [0.25, 0.3) is 0 Å². The smallest absolute Gasteiger partial charge is 0.340 e. The van der Waals surface area contributed by atoms with E-state index in [1.54, 1.807) is 12.1 Å². The summed E-state index contributed by atoms with van der Waals surface area (Å²) >= 11 is 0. The van der Waals surface area contributed by atoms with E-state index in [4.69, 9.17) is 13.9 Å². The van der Waals surface area contributed by atoms with Crippen LogP contribution in [0.25, 0.3) is 17.0 Å². The second kappa shape index (κ2) is 5.99. The molecule has 0 amide bonds. The number of ether oxygens (including phenoxy) is 2. The van der Waals surface area contributed by atoms with Gasteiger partial charge in [-0.3, -0.25) is 0 Å². The number of allylic oxidation sites excluding steroid dienone is 1. The lowest BCUT2D eigenvalue weighted by molar-refractivity contribution is 0.153. The van der Waals surface area contributed by atoms with Crippen LogP contribution < -0.4 is 10.4 Å². The van der Waals surface area contributed by atoms with Crippen molar-refractivity contribution in [1.29, 1.82) is 0 Å². The molecular formula is C24H28O5. The van der Waals surface area contributed by atoms with Crippen molar-refractivity contribution in [3.05, 3.63) is 51.9 Å². The van der Waals surface area contributed by atoms with Crippen molar-refractivity contribution in [2.75, 3.05) is 6.61 Å². The van der Waals surface area contributed by atoms with Crippen LogP contribution in [0.15, 0.2) is 34.0 Å². The molecule has 1 aromatic heterocycles.